The van der Waals surface area contributed by atoms with E-state index in [2.05, 4.69) is 19.1 Å². The van der Waals surface area contributed by atoms with Gasteiger partial charge in [-0.1, -0.05) is 83.3 Å². The number of carbonyl (C=O) groups is 3. The number of hydroxylamine groups is 2. The lowest BCUT2D eigenvalue weighted by Gasteiger charge is -2.12. The van der Waals surface area contributed by atoms with E-state index in [4.69, 9.17) is 4.84 Å². The van der Waals surface area contributed by atoms with E-state index in [9.17, 15) is 14.4 Å². The van der Waals surface area contributed by atoms with Crippen molar-refractivity contribution in [2.75, 3.05) is 0 Å². The number of unbranched alkanes of at least 4 members (excludes halogenated alkanes) is 13. The van der Waals surface area contributed by atoms with Gasteiger partial charge in [-0.2, -0.15) is 0 Å². The smallest absolute Gasteiger partial charge is 0.330 e. The molecule has 0 aromatic carbocycles. The van der Waals surface area contributed by atoms with E-state index >= 15 is 0 Å². The minimum atomic E-state index is -0.485. The van der Waals surface area contributed by atoms with Gasteiger partial charge in [0.15, 0.2) is 0 Å². The summed E-state index contributed by atoms with van der Waals surface area (Å²) in [5.74, 6) is -1.32. The molecule has 0 aliphatic carbocycles. The highest BCUT2D eigenvalue weighted by Crippen LogP contribution is 2.14. The zero-order valence-corrected chi connectivity index (χ0v) is 18.5. The molecule has 0 N–H and O–H groups in total. The molecule has 1 aliphatic rings. The molecule has 0 atom stereocenters. The van der Waals surface area contributed by atoms with Gasteiger partial charge in [-0.3, -0.25) is 9.59 Å². The first-order chi connectivity index (χ1) is 14.1. The fraction of sp³-hybridized carbons (Fsp3) is 0.792. The van der Waals surface area contributed by atoms with Crippen molar-refractivity contribution in [2.45, 2.75) is 122 Å². The zero-order valence-electron chi connectivity index (χ0n) is 18.5. The maximum atomic E-state index is 11.7. The van der Waals surface area contributed by atoms with Crippen LogP contribution in [0.1, 0.15) is 122 Å². The van der Waals surface area contributed by atoms with Gasteiger partial charge in [0.25, 0.3) is 11.8 Å². The minimum Gasteiger partial charge on any atom is -0.330 e. The van der Waals surface area contributed by atoms with Crippen LogP contribution in [-0.2, 0) is 19.2 Å². The van der Waals surface area contributed by atoms with Crippen LogP contribution in [0.15, 0.2) is 12.2 Å². The van der Waals surface area contributed by atoms with Crippen LogP contribution in [0.25, 0.3) is 0 Å². The monoisotopic (exact) mass is 407 g/mol. The third-order valence-corrected chi connectivity index (χ3v) is 5.34. The highest BCUT2D eigenvalue weighted by atomic mass is 16.7. The molecule has 0 radical (unpaired) electrons. The molecule has 0 aromatic rings. The lowest BCUT2D eigenvalue weighted by atomic mass is 10.1. The van der Waals surface area contributed by atoms with Gasteiger partial charge >= 0.3 is 5.97 Å². The SMILES string of the molecule is CCCCCCCC/C=C\CCCCCCCCCC(=O)ON1C(=O)CCC1=O. The lowest BCUT2D eigenvalue weighted by Crippen LogP contribution is -2.31. The first kappa shape index (κ1) is 25.4. The van der Waals surface area contributed by atoms with E-state index in [0.717, 1.165) is 19.3 Å². The van der Waals surface area contributed by atoms with Crippen LogP contribution in [-0.4, -0.2) is 22.8 Å². The number of hydrogen-bond acceptors (Lipinski definition) is 4. The van der Waals surface area contributed by atoms with E-state index in [1.165, 1.54) is 77.0 Å². The largest absolute Gasteiger partial charge is 0.333 e. The summed E-state index contributed by atoms with van der Waals surface area (Å²) in [4.78, 5) is 39.3. The summed E-state index contributed by atoms with van der Waals surface area (Å²) in [7, 11) is 0. The first-order valence-corrected chi connectivity index (χ1v) is 11.9. The van der Waals surface area contributed by atoms with E-state index in [1.54, 1.807) is 0 Å². The molecular weight excluding hydrogens is 366 g/mol. The average molecular weight is 408 g/mol. The first-order valence-electron chi connectivity index (χ1n) is 11.9. The molecule has 2 amide bonds. The van der Waals surface area contributed by atoms with Crippen LogP contribution in [0.5, 0.6) is 0 Å². The second kappa shape index (κ2) is 17.2. The summed E-state index contributed by atoms with van der Waals surface area (Å²) in [6.07, 6.45) is 23.6. The third kappa shape index (κ3) is 13.2. The third-order valence-electron chi connectivity index (χ3n) is 5.34. The van der Waals surface area contributed by atoms with Crippen molar-refractivity contribution < 1.29 is 19.2 Å². The molecule has 0 spiro atoms. The van der Waals surface area contributed by atoms with Crippen molar-refractivity contribution in [1.82, 2.24) is 5.06 Å². The molecule has 5 nitrogen and oxygen atoms in total. The van der Waals surface area contributed by atoms with Crippen LogP contribution in [0.3, 0.4) is 0 Å². The van der Waals surface area contributed by atoms with Crippen molar-refractivity contribution in [3.8, 4) is 0 Å². The normalized spacial score (nSPS) is 14.3. The average Bonchev–Trinajstić information content (AvgIpc) is 3.02. The van der Waals surface area contributed by atoms with Crippen molar-refractivity contribution in [2.24, 2.45) is 0 Å². The van der Waals surface area contributed by atoms with Gasteiger partial charge in [-0.25, -0.2) is 4.79 Å². The van der Waals surface area contributed by atoms with Crippen LogP contribution in [0.4, 0.5) is 0 Å². The quantitative estimate of drug-likeness (QED) is 0.150. The van der Waals surface area contributed by atoms with E-state index in [0.29, 0.717) is 5.06 Å². The summed E-state index contributed by atoms with van der Waals surface area (Å²) in [5.41, 5.74) is 0. The predicted octanol–water partition coefficient (Wildman–Crippen LogP) is 6.41. The molecule has 0 aromatic heterocycles. The van der Waals surface area contributed by atoms with Crippen LogP contribution in [0.2, 0.25) is 0 Å². The Morgan fingerprint density at radius 1 is 0.759 bits per heavy atom. The molecular formula is C24H41NO4. The Kier molecular flexibility index (Phi) is 15.1. The molecule has 0 unspecified atom stereocenters. The number of hydrogen-bond donors (Lipinski definition) is 0. The van der Waals surface area contributed by atoms with Crippen molar-refractivity contribution >= 4 is 17.8 Å². The highest BCUT2D eigenvalue weighted by Gasteiger charge is 2.32. The van der Waals surface area contributed by atoms with Crippen molar-refractivity contribution in [3.05, 3.63) is 12.2 Å². The molecule has 1 saturated heterocycles. The molecule has 0 bridgehead atoms. The van der Waals surface area contributed by atoms with Gasteiger partial charge in [0.1, 0.15) is 0 Å². The minimum absolute atomic E-state index is 0.140. The van der Waals surface area contributed by atoms with Crippen LogP contribution < -0.4 is 0 Å². The Labute approximate surface area is 177 Å². The Bertz CT molecular complexity index is 485. The number of allylic oxidation sites excluding steroid dienone is 2. The van der Waals surface area contributed by atoms with E-state index in [1.807, 2.05) is 0 Å². The lowest BCUT2D eigenvalue weighted by molar-refractivity contribution is -0.197. The van der Waals surface area contributed by atoms with Gasteiger partial charge in [0, 0.05) is 19.3 Å². The van der Waals surface area contributed by atoms with Gasteiger partial charge in [0.2, 0.25) is 0 Å². The summed E-state index contributed by atoms with van der Waals surface area (Å²) in [6.45, 7) is 2.26. The Morgan fingerprint density at radius 3 is 1.72 bits per heavy atom. The van der Waals surface area contributed by atoms with E-state index in [-0.39, 0.29) is 19.3 Å². The number of rotatable bonds is 18. The summed E-state index contributed by atoms with van der Waals surface area (Å²) in [6, 6.07) is 0. The summed E-state index contributed by atoms with van der Waals surface area (Å²) in [5, 5.41) is 0.629. The number of amides is 2. The zero-order chi connectivity index (χ0) is 21.2. The number of nitrogens with zero attached hydrogens (tertiary/aromatic N) is 1. The second-order valence-electron chi connectivity index (χ2n) is 8.09. The highest BCUT2D eigenvalue weighted by molar-refractivity contribution is 6.01. The molecule has 0 saturated carbocycles. The van der Waals surface area contributed by atoms with Crippen LogP contribution in [0, 0.1) is 0 Å². The Hall–Kier alpha value is -1.65. The van der Waals surface area contributed by atoms with Gasteiger partial charge in [0.05, 0.1) is 0 Å². The van der Waals surface area contributed by atoms with Gasteiger partial charge in [-0.15, -0.1) is 5.06 Å². The Morgan fingerprint density at radius 2 is 1.21 bits per heavy atom. The summed E-state index contributed by atoms with van der Waals surface area (Å²) < 4.78 is 0. The maximum absolute atomic E-state index is 11.7. The van der Waals surface area contributed by atoms with Crippen molar-refractivity contribution in [1.29, 1.82) is 0 Å². The van der Waals surface area contributed by atoms with E-state index < -0.39 is 17.8 Å². The number of carbonyl (C=O) groups excluding carboxylic acids is 3. The standard InChI is InChI=1S/C24H41NO4/c1-2-3-4-5-6-7-8-9-10-11-12-13-14-15-16-17-18-19-24(28)29-25-22(26)20-21-23(25)27/h9-10H,2-8,11-21H2,1H3/b10-9-. The summed E-state index contributed by atoms with van der Waals surface area (Å²) >= 11 is 0. The number of imide groups is 1. The molecule has 1 aliphatic heterocycles. The van der Waals surface area contributed by atoms with Crippen LogP contribution >= 0.6 is 0 Å². The van der Waals surface area contributed by atoms with Crippen molar-refractivity contribution in [3.63, 3.8) is 0 Å². The molecule has 1 fully saturated rings. The molecule has 29 heavy (non-hydrogen) atoms. The molecule has 1 heterocycles. The molecule has 5 heteroatoms. The molecule has 1 rings (SSSR count). The second-order valence-corrected chi connectivity index (χ2v) is 8.09. The maximum Gasteiger partial charge on any atom is 0.333 e. The fourth-order valence-electron chi connectivity index (χ4n) is 3.50. The predicted molar refractivity (Wildman–Crippen MR) is 116 cm³/mol. The van der Waals surface area contributed by atoms with Gasteiger partial charge < -0.3 is 4.84 Å². The fourth-order valence-corrected chi connectivity index (χ4v) is 3.50. The van der Waals surface area contributed by atoms with Gasteiger partial charge in [-0.05, 0) is 32.1 Å². The Balaban J connectivity index is 1.82. The topological polar surface area (TPSA) is 63.7 Å². The molecule has 166 valence electrons.